The number of phenols is 1. The molecular weight excluding hydrogens is 246 g/mol. The molecule has 0 saturated carbocycles. The molecule has 1 aromatic carbocycles. The summed E-state index contributed by atoms with van der Waals surface area (Å²) in [4.78, 5) is 0. The van der Waals surface area contributed by atoms with Gasteiger partial charge in [0.2, 0.25) is 6.79 Å². The van der Waals surface area contributed by atoms with E-state index in [0.717, 1.165) is 6.54 Å². The maximum atomic E-state index is 10.0. The van der Waals surface area contributed by atoms with Crippen molar-refractivity contribution in [3.8, 4) is 17.2 Å². The number of aromatic hydroxyl groups is 1. The first kappa shape index (κ1) is 11.0. The molecule has 17 heavy (non-hydrogen) atoms. The molecule has 0 spiro atoms. The molecule has 0 aliphatic carbocycles. The molecule has 5 nitrogen and oxygen atoms in total. The van der Waals surface area contributed by atoms with Crippen molar-refractivity contribution >= 4 is 11.6 Å². The molecule has 92 valence electrons. The van der Waals surface area contributed by atoms with Crippen molar-refractivity contribution in [3.63, 3.8) is 0 Å². The van der Waals surface area contributed by atoms with Gasteiger partial charge in [-0.1, -0.05) is 11.6 Å². The van der Waals surface area contributed by atoms with E-state index in [0.29, 0.717) is 30.2 Å². The minimum absolute atomic E-state index is 0.00427. The number of fused-ring (bicyclic) bond motifs is 1. The summed E-state index contributed by atoms with van der Waals surface area (Å²) in [7, 11) is 0. The lowest BCUT2D eigenvalue weighted by atomic mass is 10.0. The van der Waals surface area contributed by atoms with Gasteiger partial charge < -0.3 is 24.6 Å². The van der Waals surface area contributed by atoms with Crippen LogP contribution in [0.1, 0.15) is 11.7 Å². The van der Waals surface area contributed by atoms with Crippen LogP contribution in [-0.2, 0) is 4.74 Å². The highest BCUT2D eigenvalue weighted by molar-refractivity contribution is 6.32. The van der Waals surface area contributed by atoms with E-state index in [1.165, 1.54) is 0 Å². The van der Waals surface area contributed by atoms with E-state index in [-0.39, 0.29) is 23.7 Å². The SMILES string of the molecule is Oc1c(Cl)cc2c(c1C1CNCCO1)OCO2. The van der Waals surface area contributed by atoms with Crippen LogP contribution in [0.3, 0.4) is 0 Å². The molecule has 1 fully saturated rings. The Hall–Kier alpha value is -1.17. The number of nitrogens with one attached hydrogen (secondary N) is 1. The van der Waals surface area contributed by atoms with Crippen molar-refractivity contribution in [3.05, 3.63) is 16.7 Å². The van der Waals surface area contributed by atoms with Crippen LogP contribution in [0, 0.1) is 0 Å². The van der Waals surface area contributed by atoms with Gasteiger partial charge in [-0.2, -0.15) is 0 Å². The minimum atomic E-state index is -0.266. The van der Waals surface area contributed by atoms with Gasteiger partial charge in [0.1, 0.15) is 11.9 Å². The lowest BCUT2D eigenvalue weighted by Crippen LogP contribution is -2.33. The monoisotopic (exact) mass is 257 g/mol. The Morgan fingerprint density at radius 3 is 3.06 bits per heavy atom. The quantitative estimate of drug-likeness (QED) is 0.797. The van der Waals surface area contributed by atoms with Gasteiger partial charge in [-0.05, 0) is 0 Å². The first-order valence-corrected chi connectivity index (χ1v) is 5.78. The molecule has 0 aromatic heterocycles. The lowest BCUT2D eigenvalue weighted by molar-refractivity contribution is 0.0245. The molecular formula is C11H12ClNO4. The molecule has 6 heteroatoms. The molecule has 0 amide bonds. The van der Waals surface area contributed by atoms with Crippen molar-refractivity contribution in [2.75, 3.05) is 26.5 Å². The third-order valence-electron chi connectivity index (χ3n) is 2.87. The summed E-state index contributed by atoms with van der Waals surface area (Å²) in [6.45, 7) is 2.15. The Morgan fingerprint density at radius 1 is 1.41 bits per heavy atom. The van der Waals surface area contributed by atoms with Gasteiger partial charge in [-0.15, -0.1) is 0 Å². The number of hydrogen-bond donors (Lipinski definition) is 2. The summed E-state index contributed by atoms with van der Waals surface area (Å²) < 4.78 is 16.3. The molecule has 0 radical (unpaired) electrons. The second kappa shape index (κ2) is 4.25. The van der Waals surface area contributed by atoms with Crippen LogP contribution >= 0.6 is 11.6 Å². The molecule has 2 aliphatic rings. The van der Waals surface area contributed by atoms with Crippen molar-refractivity contribution in [1.29, 1.82) is 0 Å². The predicted octanol–water partition coefficient (Wildman–Crippen LogP) is 1.44. The van der Waals surface area contributed by atoms with E-state index in [2.05, 4.69) is 5.32 Å². The third-order valence-corrected chi connectivity index (χ3v) is 3.16. The Balaban J connectivity index is 2.07. The molecule has 1 atom stereocenters. The van der Waals surface area contributed by atoms with E-state index in [1.807, 2.05) is 0 Å². The number of rotatable bonds is 1. The van der Waals surface area contributed by atoms with Crippen molar-refractivity contribution < 1.29 is 19.3 Å². The normalized spacial score (nSPS) is 22.8. The van der Waals surface area contributed by atoms with Crippen LogP contribution in [0.2, 0.25) is 5.02 Å². The van der Waals surface area contributed by atoms with Crippen molar-refractivity contribution in [1.82, 2.24) is 5.32 Å². The minimum Gasteiger partial charge on any atom is -0.506 e. The van der Waals surface area contributed by atoms with E-state index >= 15 is 0 Å². The van der Waals surface area contributed by atoms with Gasteiger partial charge in [0.15, 0.2) is 11.5 Å². The average molecular weight is 258 g/mol. The van der Waals surface area contributed by atoms with Crippen molar-refractivity contribution in [2.45, 2.75) is 6.10 Å². The summed E-state index contributed by atoms with van der Waals surface area (Å²) in [5.41, 5.74) is 0.567. The van der Waals surface area contributed by atoms with Gasteiger partial charge in [0.05, 0.1) is 17.2 Å². The van der Waals surface area contributed by atoms with Gasteiger partial charge in [0, 0.05) is 19.2 Å². The fourth-order valence-corrected chi connectivity index (χ4v) is 2.28. The Labute approximate surface area is 103 Å². The largest absolute Gasteiger partial charge is 0.506 e. The van der Waals surface area contributed by atoms with Crippen LogP contribution in [0.5, 0.6) is 17.2 Å². The maximum Gasteiger partial charge on any atom is 0.231 e. The molecule has 2 aliphatic heterocycles. The Bertz CT molecular complexity index is 446. The van der Waals surface area contributed by atoms with Gasteiger partial charge in [-0.25, -0.2) is 0 Å². The molecule has 2 N–H and O–H groups in total. The smallest absolute Gasteiger partial charge is 0.231 e. The molecule has 3 rings (SSSR count). The number of morpholine rings is 1. The van der Waals surface area contributed by atoms with Crippen LogP contribution in [-0.4, -0.2) is 31.6 Å². The zero-order valence-electron chi connectivity index (χ0n) is 9.03. The first-order chi connectivity index (χ1) is 8.27. The Morgan fingerprint density at radius 2 is 2.29 bits per heavy atom. The lowest BCUT2D eigenvalue weighted by Gasteiger charge is -2.25. The molecule has 0 bridgehead atoms. The highest BCUT2D eigenvalue weighted by atomic mass is 35.5. The third kappa shape index (κ3) is 1.80. The molecule has 1 aromatic rings. The first-order valence-electron chi connectivity index (χ1n) is 5.40. The van der Waals surface area contributed by atoms with Crippen molar-refractivity contribution in [2.24, 2.45) is 0 Å². The van der Waals surface area contributed by atoms with E-state index < -0.39 is 0 Å². The zero-order chi connectivity index (χ0) is 11.8. The molecule has 1 unspecified atom stereocenters. The summed E-state index contributed by atoms with van der Waals surface area (Å²) in [6.07, 6.45) is -0.266. The number of hydrogen-bond acceptors (Lipinski definition) is 5. The van der Waals surface area contributed by atoms with Crippen LogP contribution in [0.4, 0.5) is 0 Å². The highest BCUT2D eigenvalue weighted by Crippen LogP contribution is 2.48. The van der Waals surface area contributed by atoms with Gasteiger partial charge in [-0.3, -0.25) is 0 Å². The van der Waals surface area contributed by atoms with E-state index in [1.54, 1.807) is 6.07 Å². The number of benzene rings is 1. The zero-order valence-corrected chi connectivity index (χ0v) is 9.79. The van der Waals surface area contributed by atoms with Crippen LogP contribution < -0.4 is 14.8 Å². The van der Waals surface area contributed by atoms with Gasteiger partial charge in [0.25, 0.3) is 0 Å². The molecule has 2 heterocycles. The summed E-state index contributed by atoms with van der Waals surface area (Å²) >= 11 is 5.96. The highest BCUT2D eigenvalue weighted by Gasteiger charge is 2.30. The van der Waals surface area contributed by atoms with E-state index in [9.17, 15) is 5.11 Å². The topological polar surface area (TPSA) is 60.0 Å². The second-order valence-corrected chi connectivity index (χ2v) is 4.33. The number of phenolic OH excluding ortho intramolecular Hbond substituents is 1. The average Bonchev–Trinajstić information content (AvgIpc) is 2.79. The summed E-state index contributed by atoms with van der Waals surface area (Å²) in [5.74, 6) is 1.09. The van der Waals surface area contributed by atoms with Crippen LogP contribution in [0.15, 0.2) is 6.07 Å². The predicted molar refractivity (Wildman–Crippen MR) is 60.8 cm³/mol. The standard InChI is InChI=1S/C11H12ClNO4/c12-6-3-7-11(17-5-16-7)9(10(6)14)8-4-13-1-2-15-8/h3,8,13-14H,1-2,4-5H2. The molecule has 1 saturated heterocycles. The fourth-order valence-electron chi connectivity index (χ4n) is 2.08. The number of halogens is 1. The number of ether oxygens (including phenoxy) is 3. The Kier molecular flexibility index (Phi) is 2.74. The summed E-state index contributed by atoms with van der Waals surface area (Å²) in [5, 5.41) is 13.5. The van der Waals surface area contributed by atoms with E-state index in [4.69, 9.17) is 25.8 Å². The van der Waals surface area contributed by atoms with Crippen LogP contribution in [0.25, 0.3) is 0 Å². The summed E-state index contributed by atoms with van der Waals surface area (Å²) in [6, 6.07) is 1.55. The second-order valence-electron chi connectivity index (χ2n) is 3.92. The fraction of sp³-hybridized carbons (Fsp3) is 0.455. The maximum absolute atomic E-state index is 10.0. The van der Waals surface area contributed by atoms with Gasteiger partial charge >= 0.3 is 0 Å².